The fourth-order valence-corrected chi connectivity index (χ4v) is 2.79. The highest BCUT2D eigenvalue weighted by Gasteiger charge is 2.20. The molecule has 0 amide bonds. The number of nitrogens with one attached hydrogen (secondary N) is 1. The van der Waals surface area contributed by atoms with Crippen LogP contribution in [0.4, 0.5) is 0 Å². The molecule has 4 nitrogen and oxygen atoms in total. The highest BCUT2D eigenvalue weighted by molar-refractivity contribution is 7.90. The summed E-state index contributed by atoms with van der Waals surface area (Å²) in [6.07, 6.45) is 2.33. The lowest BCUT2D eigenvalue weighted by Crippen LogP contribution is -2.18. The fourth-order valence-electron chi connectivity index (χ4n) is 2.16. The van der Waals surface area contributed by atoms with Gasteiger partial charge in [-0.25, -0.2) is 8.42 Å². The van der Waals surface area contributed by atoms with Crippen molar-refractivity contribution in [2.45, 2.75) is 24.3 Å². The lowest BCUT2D eigenvalue weighted by atomic mass is 10.1. The Balaban J connectivity index is 1.91. The first-order chi connectivity index (χ1) is 8.45. The fraction of sp³-hybridized carbons (Fsp3) is 0.538. The Morgan fingerprint density at radius 2 is 2.00 bits per heavy atom. The number of hydrogen-bond donors (Lipinski definition) is 1. The second kappa shape index (κ2) is 5.28. The van der Waals surface area contributed by atoms with E-state index in [2.05, 4.69) is 12.2 Å². The highest BCUT2D eigenvalue weighted by atomic mass is 32.2. The van der Waals surface area contributed by atoms with E-state index in [9.17, 15) is 8.42 Å². The number of benzene rings is 1. The van der Waals surface area contributed by atoms with Gasteiger partial charge in [0.15, 0.2) is 9.84 Å². The minimum atomic E-state index is -3.12. The number of sulfone groups is 1. The second-order valence-electron chi connectivity index (χ2n) is 4.97. The van der Waals surface area contributed by atoms with Gasteiger partial charge in [0.1, 0.15) is 5.75 Å². The smallest absolute Gasteiger partial charge is 0.175 e. The molecule has 0 aliphatic carbocycles. The normalized spacial score (nSPS) is 24.1. The Morgan fingerprint density at radius 1 is 1.33 bits per heavy atom. The molecule has 2 rings (SSSR count). The van der Waals surface area contributed by atoms with E-state index < -0.39 is 9.84 Å². The van der Waals surface area contributed by atoms with Gasteiger partial charge in [-0.15, -0.1) is 0 Å². The minimum Gasteiger partial charge on any atom is -0.493 e. The van der Waals surface area contributed by atoms with Gasteiger partial charge in [-0.3, -0.25) is 0 Å². The Labute approximate surface area is 108 Å². The molecule has 0 spiro atoms. The van der Waals surface area contributed by atoms with Gasteiger partial charge in [0.2, 0.25) is 0 Å². The van der Waals surface area contributed by atoms with Crippen LogP contribution in [-0.4, -0.2) is 33.9 Å². The zero-order valence-electron chi connectivity index (χ0n) is 10.7. The van der Waals surface area contributed by atoms with E-state index >= 15 is 0 Å². The number of rotatable bonds is 4. The van der Waals surface area contributed by atoms with Gasteiger partial charge in [0, 0.05) is 24.8 Å². The lowest BCUT2D eigenvalue weighted by molar-refractivity contribution is 0.258. The van der Waals surface area contributed by atoms with Crippen LogP contribution in [0.1, 0.15) is 13.3 Å². The second-order valence-corrected chi connectivity index (χ2v) is 6.98. The predicted molar refractivity (Wildman–Crippen MR) is 70.6 cm³/mol. The van der Waals surface area contributed by atoms with E-state index in [0.717, 1.165) is 18.7 Å². The molecule has 1 aliphatic heterocycles. The topological polar surface area (TPSA) is 55.4 Å². The largest absolute Gasteiger partial charge is 0.493 e. The van der Waals surface area contributed by atoms with Crippen LogP contribution >= 0.6 is 0 Å². The first-order valence-corrected chi connectivity index (χ1v) is 8.00. The summed E-state index contributed by atoms with van der Waals surface area (Å²) in [7, 11) is -3.12. The first-order valence-electron chi connectivity index (χ1n) is 6.11. The summed E-state index contributed by atoms with van der Waals surface area (Å²) < 4.78 is 28.3. The maximum Gasteiger partial charge on any atom is 0.175 e. The first kappa shape index (κ1) is 13.4. The lowest BCUT2D eigenvalue weighted by Gasteiger charge is -2.11. The summed E-state index contributed by atoms with van der Waals surface area (Å²) in [4.78, 5) is 0.325. The molecule has 2 atom stereocenters. The van der Waals surface area contributed by atoms with Gasteiger partial charge in [-0.05, 0) is 37.6 Å². The monoisotopic (exact) mass is 269 g/mol. The summed E-state index contributed by atoms with van der Waals surface area (Å²) in [6.45, 7) is 3.83. The molecule has 5 heteroatoms. The molecule has 0 saturated carbocycles. The minimum absolute atomic E-state index is 0.325. The Kier molecular flexibility index (Phi) is 3.92. The molecule has 0 bridgehead atoms. The Bertz CT molecular complexity index is 495. The van der Waals surface area contributed by atoms with Gasteiger partial charge in [-0.2, -0.15) is 0 Å². The molecule has 0 radical (unpaired) electrons. The van der Waals surface area contributed by atoms with Crippen molar-refractivity contribution in [2.24, 2.45) is 5.92 Å². The number of ether oxygens (including phenoxy) is 1. The van der Waals surface area contributed by atoms with E-state index in [1.54, 1.807) is 24.3 Å². The molecule has 1 aromatic carbocycles. The third kappa shape index (κ3) is 3.46. The van der Waals surface area contributed by atoms with Crippen molar-refractivity contribution in [3.8, 4) is 5.75 Å². The van der Waals surface area contributed by atoms with Crippen molar-refractivity contribution in [1.82, 2.24) is 5.32 Å². The molecule has 100 valence electrons. The van der Waals surface area contributed by atoms with Gasteiger partial charge in [0.05, 0.1) is 11.5 Å². The van der Waals surface area contributed by atoms with Crippen LogP contribution < -0.4 is 10.1 Å². The third-order valence-electron chi connectivity index (χ3n) is 3.18. The van der Waals surface area contributed by atoms with Crippen LogP contribution in [-0.2, 0) is 9.84 Å². The highest BCUT2D eigenvalue weighted by Crippen LogP contribution is 2.19. The predicted octanol–water partition coefficient (Wildman–Crippen LogP) is 1.47. The van der Waals surface area contributed by atoms with Crippen LogP contribution in [0.2, 0.25) is 0 Å². The average Bonchev–Trinajstić information content (AvgIpc) is 2.72. The van der Waals surface area contributed by atoms with Crippen LogP contribution in [0.15, 0.2) is 29.2 Å². The van der Waals surface area contributed by atoms with Gasteiger partial charge >= 0.3 is 0 Å². The van der Waals surface area contributed by atoms with Crippen LogP contribution in [0.5, 0.6) is 5.75 Å². The molecule has 1 N–H and O–H groups in total. The molecule has 18 heavy (non-hydrogen) atoms. The van der Waals surface area contributed by atoms with Crippen molar-refractivity contribution >= 4 is 9.84 Å². The van der Waals surface area contributed by atoms with E-state index in [1.807, 2.05) is 0 Å². The van der Waals surface area contributed by atoms with E-state index in [4.69, 9.17) is 4.74 Å². The van der Waals surface area contributed by atoms with Crippen molar-refractivity contribution in [2.75, 3.05) is 19.4 Å². The molecule has 0 aromatic heterocycles. The molecule has 1 saturated heterocycles. The summed E-state index contributed by atoms with van der Waals surface area (Å²) in [5.41, 5.74) is 0. The quantitative estimate of drug-likeness (QED) is 0.899. The Morgan fingerprint density at radius 3 is 2.50 bits per heavy atom. The average molecular weight is 269 g/mol. The van der Waals surface area contributed by atoms with Crippen molar-refractivity contribution in [3.05, 3.63) is 24.3 Å². The maximum atomic E-state index is 11.3. The van der Waals surface area contributed by atoms with Crippen molar-refractivity contribution in [1.29, 1.82) is 0 Å². The molecular weight excluding hydrogens is 250 g/mol. The summed E-state index contributed by atoms with van der Waals surface area (Å²) in [5, 5.41) is 3.38. The van der Waals surface area contributed by atoms with Crippen LogP contribution in [0, 0.1) is 5.92 Å². The maximum absolute atomic E-state index is 11.3. The third-order valence-corrected chi connectivity index (χ3v) is 4.31. The zero-order chi connectivity index (χ0) is 13.2. The molecule has 1 aliphatic rings. The van der Waals surface area contributed by atoms with Crippen molar-refractivity contribution < 1.29 is 13.2 Å². The van der Waals surface area contributed by atoms with Gasteiger partial charge in [-0.1, -0.05) is 0 Å². The van der Waals surface area contributed by atoms with E-state index in [1.165, 1.54) is 6.26 Å². The van der Waals surface area contributed by atoms with Crippen molar-refractivity contribution in [3.63, 3.8) is 0 Å². The van der Waals surface area contributed by atoms with Gasteiger partial charge in [0.25, 0.3) is 0 Å². The van der Waals surface area contributed by atoms with Crippen LogP contribution in [0.25, 0.3) is 0 Å². The van der Waals surface area contributed by atoms with E-state index in [-0.39, 0.29) is 0 Å². The Hall–Kier alpha value is -1.07. The summed E-state index contributed by atoms with van der Waals surface area (Å²) >= 11 is 0. The molecular formula is C13H19NO3S. The molecule has 1 fully saturated rings. The van der Waals surface area contributed by atoms with Gasteiger partial charge < -0.3 is 10.1 Å². The summed E-state index contributed by atoms with van der Waals surface area (Å²) in [6, 6.07) is 7.15. The number of hydrogen-bond acceptors (Lipinski definition) is 4. The zero-order valence-corrected chi connectivity index (χ0v) is 11.5. The molecule has 1 heterocycles. The molecule has 1 aromatic rings. The standard InChI is InChI=1S/C13H19NO3S/c1-10-7-11(8-14-10)9-17-12-3-5-13(6-4-12)18(2,15)16/h3-6,10-11,14H,7-9H2,1-2H3. The SMILES string of the molecule is CC1CC(COc2ccc(S(C)(=O)=O)cc2)CN1. The molecule has 2 unspecified atom stereocenters. The van der Waals surface area contributed by atoms with E-state index in [0.29, 0.717) is 23.5 Å². The van der Waals surface area contributed by atoms with Crippen LogP contribution in [0.3, 0.4) is 0 Å². The summed E-state index contributed by atoms with van der Waals surface area (Å²) in [5.74, 6) is 1.26.